The van der Waals surface area contributed by atoms with E-state index in [0.717, 1.165) is 104 Å². The highest BCUT2D eigenvalue weighted by Crippen LogP contribution is 2.41. The van der Waals surface area contributed by atoms with Crippen LogP contribution in [0, 0.1) is 34.0 Å². The minimum atomic E-state index is -0.825. The number of nitrogens with two attached hydrogens (primary N) is 2. The number of para-hydroxylation sites is 2. The topological polar surface area (TPSA) is 299 Å². The van der Waals surface area contributed by atoms with E-state index in [1.165, 1.54) is 25.9 Å². The Kier molecular flexibility index (Phi) is 24.7. The molecule has 15 rings (SSSR count). The number of ether oxygens (including phenoxy) is 4. The average molecular weight is 1460 g/mol. The van der Waals surface area contributed by atoms with E-state index in [9.17, 15) is 29.2 Å². The van der Waals surface area contributed by atoms with Gasteiger partial charge in [0.15, 0.2) is 0 Å². The van der Waals surface area contributed by atoms with E-state index in [1.807, 2.05) is 119 Å². The van der Waals surface area contributed by atoms with E-state index < -0.39 is 11.3 Å². The van der Waals surface area contributed by atoms with Gasteiger partial charge in [-0.1, -0.05) is 50.2 Å². The molecular formula is C81H103N17O9. The number of piperazine rings is 2. The highest BCUT2D eigenvalue weighted by Gasteiger charge is 2.45. The van der Waals surface area contributed by atoms with Crippen LogP contribution >= 0.6 is 0 Å². The fourth-order valence-electron chi connectivity index (χ4n) is 16.1. The number of anilines is 2. The second-order valence-electron chi connectivity index (χ2n) is 30.7. The first-order chi connectivity index (χ1) is 51.7. The monoisotopic (exact) mass is 1460 g/mol. The minimum Gasteiger partial charge on any atom is -0.457 e. The summed E-state index contributed by atoms with van der Waals surface area (Å²) in [5, 5.41) is 22.6. The number of benzene rings is 4. The maximum Gasteiger partial charge on any atom is 0.334 e. The number of piperidine rings is 2. The minimum absolute atomic E-state index is 0.169. The van der Waals surface area contributed by atoms with Crippen molar-refractivity contribution in [3.05, 3.63) is 155 Å². The Morgan fingerprint density at radius 1 is 0.570 bits per heavy atom. The van der Waals surface area contributed by atoms with Gasteiger partial charge in [0.05, 0.1) is 90.7 Å². The Morgan fingerprint density at radius 2 is 1.00 bits per heavy atom. The van der Waals surface area contributed by atoms with Gasteiger partial charge in [-0.25, -0.2) is 19.6 Å². The number of fused-ring (bicyclic) bond motifs is 2. The smallest absolute Gasteiger partial charge is 0.334 e. The quantitative estimate of drug-likeness (QED) is 0.0675. The number of likely N-dealkylation sites (tertiary alicyclic amines) is 2. The number of aromatic nitrogens is 6. The number of nitrogen functional groups attached to an aromatic ring is 2. The summed E-state index contributed by atoms with van der Waals surface area (Å²) in [5.74, 6) is 1.99. The molecule has 7 fully saturated rings. The van der Waals surface area contributed by atoms with E-state index in [4.69, 9.17) is 35.7 Å². The van der Waals surface area contributed by atoms with Gasteiger partial charge in [0.2, 0.25) is 11.8 Å². The number of nitriles is 2. The lowest BCUT2D eigenvalue weighted by Crippen LogP contribution is -2.61. The molecule has 0 bridgehead atoms. The molecule has 4 aromatic carbocycles. The van der Waals surface area contributed by atoms with Crippen LogP contribution in [0.3, 0.4) is 0 Å². The van der Waals surface area contributed by atoms with E-state index in [-0.39, 0.29) is 64.4 Å². The van der Waals surface area contributed by atoms with Gasteiger partial charge in [0.25, 0.3) is 0 Å². The number of aldehydes is 1. The Labute approximate surface area is 625 Å². The van der Waals surface area contributed by atoms with Crippen molar-refractivity contribution in [3.63, 3.8) is 0 Å². The summed E-state index contributed by atoms with van der Waals surface area (Å²) in [4.78, 5) is 87.5. The SMILES string of the molecule is C1CCNC1.CC(C)(C=O)N1CCN(C2COC2)CC1.CC(C)(CC(C)(C)N1CCN(C2COC2)CC1)C(C#N)C(=O)N1CCC[C@@H](n2c(=O)n(-c3ccc(Oc4ccccc4)cc3)c3c(N)nccc32)C1.N#CCC(=O)N1CCC[C@@H](n2c(=O)n(-c3ccc(Oc4ccccc4)cc3)c3c(N)nccc32)C1. The zero-order valence-corrected chi connectivity index (χ0v) is 62.6. The second kappa shape index (κ2) is 34.4. The first-order valence-corrected chi connectivity index (χ1v) is 37.7. The molecule has 26 nitrogen and oxygen atoms in total. The number of rotatable bonds is 18. The maximum atomic E-state index is 14.4. The van der Waals surface area contributed by atoms with Crippen molar-refractivity contribution in [2.24, 2.45) is 11.3 Å². The molecule has 8 aromatic rings. The first kappa shape index (κ1) is 76.9. The van der Waals surface area contributed by atoms with Gasteiger partial charge < -0.3 is 50.3 Å². The number of nitrogens with zero attached hydrogens (tertiary/aromatic N) is 14. The van der Waals surface area contributed by atoms with Crippen molar-refractivity contribution in [2.75, 3.05) is 130 Å². The third-order valence-corrected chi connectivity index (χ3v) is 22.1. The summed E-state index contributed by atoms with van der Waals surface area (Å²) in [6.45, 7) is 28.3. The van der Waals surface area contributed by atoms with Crippen molar-refractivity contribution < 1.29 is 33.3 Å². The number of amides is 2. The molecule has 0 spiro atoms. The fourth-order valence-corrected chi connectivity index (χ4v) is 16.1. The summed E-state index contributed by atoms with van der Waals surface area (Å²) in [6, 6.07) is 42.0. The summed E-state index contributed by atoms with van der Waals surface area (Å²) in [5.41, 5.74) is 14.7. The molecule has 2 amide bonds. The number of nitrogens with one attached hydrogen (secondary N) is 1. The zero-order chi connectivity index (χ0) is 75.4. The number of hydrogen-bond acceptors (Lipinski definition) is 20. The summed E-state index contributed by atoms with van der Waals surface area (Å²) in [7, 11) is 0. The van der Waals surface area contributed by atoms with Crippen LogP contribution in [0.5, 0.6) is 23.0 Å². The highest BCUT2D eigenvalue weighted by atomic mass is 16.5. The van der Waals surface area contributed by atoms with Crippen LogP contribution in [0.4, 0.5) is 11.6 Å². The van der Waals surface area contributed by atoms with Gasteiger partial charge >= 0.3 is 11.4 Å². The molecule has 26 heteroatoms. The zero-order valence-electron chi connectivity index (χ0n) is 62.6. The fraction of sp³-hybridized carbons (Fsp3) is 0.494. The molecule has 566 valence electrons. The van der Waals surface area contributed by atoms with Crippen LogP contribution in [0.2, 0.25) is 0 Å². The van der Waals surface area contributed by atoms with Gasteiger partial charge in [0.1, 0.15) is 64.3 Å². The summed E-state index contributed by atoms with van der Waals surface area (Å²) >= 11 is 0. The van der Waals surface area contributed by atoms with Crippen LogP contribution in [0.25, 0.3) is 33.4 Å². The molecule has 0 radical (unpaired) electrons. The van der Waals surface area contributed by atoms with Crippen LogP contribution < -0.4 is 37.6 Å². The molecule has 5 N–H and O–H groups in total. The molecule has 7 aliphatic rings. The van der Waals surface area contributed by atoms with Crippen molar-refractivity contribution >= 4 is 51.8 Å². The van der Waals surface area contributed by atoms with Crippen LogP contribution in [-0.4, -0.2) is 217 Å². The molecule has 0 aliphatic carbocycles. The van der Waals surface area contributed by atoms with Crippen LogP contribution in [-0.2, 0) is 23.9 Å². The Bertz CT molecular complexity index is 4530. The van der Waals surface area contributed by atoms with Gasteiger partial charge in [-0.15, -0.1) is 0 Å². The molecule has 3 atom stereocenters. The van der Waals surface area contributed by atoms with Gasteiger partial charge in [-0.3, -0.25) is 47.5 Å². The second-order valence-corrected chi connectivity index (χ2v) is 30.7. The van der Waals surface area contributed by atoms with Gasteiger partial charge in [-0.2, -0.15) is 10.5 Å². The maximum absolute atomic E-state index is 14.4. The number of imidazole rings is 2. The van der Waals surface area contributed by atoms with Crippen molar-refractivity contribution in [1.82, 2.24) is 63.0 Å². The molecule has 4 aromatic heterocycles. The van der Waals surface area contributed by atoms with E-state index >= 15 is 0 Å². The standard InChI is InChI=1S/C40H50N8O4.C26H24N6O3.C11H20N2O2.C4H9N/c1-39(2,27-40(3,4)46-21-19-44(20-22-46)30-25-51-26-30)33(23-41)37(49)45-18-8-9-29(24-45)47-34-16-17-43-36(42)35(34)48(38(47)50)28-12-14-32(15-13-28)52-31-10-6-5-7-11-31;27-14-12-23(33)30-16-4-5-19(17-30)31-22-13-15-29-25(28)24(22)32(26(31)34)18-8-10-21(11-9-18)35-20-6-2-1-3-7-20;1-11(2,9-14)13-5-3-12(4-6-13)10-7-15-8-10;1-2-4-5-3-1/h5-7,10-17,29-30,33H,8-9,18-22,24-27H2,1-4H3,(H2,42,43);1-3,6-11,13,15,19H,4-5,12,16-17H2,(H2,28,29);9-10H,3-8H2,1-2H3;5H,1-4H2/t29-,33?;19-;;/m11../s1. The van der Waals surface area contributed by atoms with E-state index in [0.29, 0.717) is 108 Å². The molecule has 11 heterocycles. The average Bonchev–Trinajstić information content (AvgIpc) is 1.60. The Morgan fingerprint density at radius 3 is 1.40 bits per heavy atom. The molecule has 0 saturated carbocycles. The molecular weight excluding hydrogens is 1360 g/mol. The largest absolute Gasteiger partial charge is 0.457 e. The van der Waals surface area contributed by atoms with Gasteiger partial charge in [-0.05, 0) is 176 Å². The predicted octanol–water partition coefficient (Wildman–Crippen LogP) is 9.07. The van der Waals surface area contributed by atoms with Crippen molar-refractivity contribution in [3.8, 4) is 46.5 Å². The number of pyridine rings is 2. The van der Waals surface area contributed by atoms with Crippen molar-refractivity contribution in [2.45, 2.75) is 128 Å². The number of carbonyl (C=O) groups is 3. The number of carbonyl (C=O) groups excluding carboxylic acids is 3. The molecule has 7 saturated heterocycles. The summed E-state index contributed by atoms with van der Waals surface area (Å²) in [6.07, 6.45) is 10.4. The Balaban J connectivity index is 0.000000165. The van der Waals surface area contributed by atoms with E-state index in [1.54, 1.807) is 76.9 Å². The van der Waals surface area contributed by atoms with Crippen LogP contribution in [0.15, 0.2) is 143 Å². The van der Waals surface area contributed by atoms with E-state index in [2.05, 4.69) is 54.8 Å². The summed E-state index contributed by atoms with van der Waals surface area (Å²) < 4.78 is 29.1. The Hall–Kier alpha value is -9.77. The van der Waals surface area contributed by atoms with Crippen LogP contribution in [0.1, 0.15) is 105 Å². The van der Waals surface area contributed by atoms with Gasteiger partial charge in [0, 0.05) is 96.5 Å². The molecule has 7 aliphatic heterocycles. The highest BCUT2D eigenvalue weighted by molar-refractivity contribution is 5.88. The van der Waals surface area contributed by atoms with Crippen molar-refractivity contribution in [1.29, 1.82) is 10.5 Å². The predicted molar refractivity (Wildman–Crippen MR) is 412 cm³/mol. The number of hydrogen-bond donors (Lipinski definition) is 3. The lowest BCUT2D eigenvalue weighted by atomic mass is 9.70. The molecule has 1 unspecified atom stereocenters. The third kappa shape index (κ3) is 17.8. The lowest BCUT2D eigenvalue weighted by molar-refractivity contribution is -0.139. The lowest BCUT2D eigenvalue weighted by Gasteiger charge is -2.50. The first-order valence-electron chi connectivity index (χ1n) is 37.7. The third-order valence-electron chi connectivity index (χ3n) is 22.1. The normalized spacial score (nSPS) is 19.6. The molecule has 107 heavy (non-hydrogen) atoms.